The van der Waals surface area contributed by atoms with E-state index in [1.807, 2.05) is 6.07 Å². The molecule has 1 heterocycles. The minimum atomic E-state index is 0.234. The Hall–Kier alpha value is -0.600. The molecule has 17 heavy (non-hydrogen) atoms. The minimum absolute atomic E-state index is 0.234. The van der Waals surface area contributed by atoms with Crippen LogP contribution in [0.2, 0.25) is 5.02 Å². The zero-order chi connectivity index (χ0) is 12.1. The van der Waals surface area contributed by atoms with Crippen molar-refractivity contribution in [1.82, 2.24) is 4.98 Å². The number of nitrogens with two attached hydrogens (primary N) is 1. The topological polar surface area (TPSA) is 38.9 Å². The van der Waals surface area contributed by atoms with Crippen molar-refractivity contribution in [2.45, 2.75) is 51.0 Å². The van der Waals surface area contributed by atoms with Gasteiger partial charge in [0, 0.05) is 18.4 Å². The first-order chi connectivity index (χ1) is 8.25. The molecule has 0 saturated heterocycles. The molecule has 0 spiro atoms. The van der Waals surface area contributed by atoms with Gasteiger partial charge >= 0.3 is 0 Å². The van der Waals surface area contributed by atoms with Gasteiger partial charge < -0.3 is 5.73 Å². The van der Waals surface area contributed by atoms with Crippen LogP contribution in [0.4, 0.5) is 0 Å². The Morgan fingerprint density at radius 2 is 2.12 bits per heavy atom. The Morgan fingerprint density at radius 1 is 1.35 bits per heavy atom. The Morgan fingerprint density at radius 3 is 2.82 bits per heavy atom. The number of halogens is 1. The zero-order valence-electron chi connectivity index (χ0n) is 10.2. The maximum atomic E-state index is 6.23. The quantitative estimate of drug-likeness (QED) is 0.890. The molecule has 1 aromatic rings. The summed E-state index contributed by atoms with van der Waals surface area (Å²) >= 11 is 6.09. The van der Waals surface area contributed by atoms with Crippen molar-refractivity contribution in [2.24, 2.45) is 11.7 Å². The van der Waals surface area contributed by atoms with Crippen LogP contribution in [0, 0.1) is 5.92 Å². The molecular weight excluding hydrogens is 232 g/mol. The fourth-order valence-corrected chi connectivity index (χ4v) is 2.98. The van der Waals surface area contributed by atoms with Gasteiger partial charge in [-0.2, -0.15) is 0 Å². The lowest BCUT2D eigenvalue weighted by molar-refractivity contribution is 0.317. The fraction of sp³-hybridized carbons (Fsp3) is 0.643. The van der Waals surface area contributed by atoms with E-state index in [-0.39, 0.29) is 6.04 Å². The highest BCUT2D eigenvalue weighted by Crippen LogP contribution is 2.28. The van der Waals surface area contributed by atoms with Gasteiger partial charge in [0.05, 0.1) is 5.02 Å². The number of hydrogen-bond acceptors (Lipinski definition) is 2. The van der Waals surface area contributed by atoms with E-state index >= 15 is 0 Å². The number of hydrogen-bond donors (Lipinski definition) is 1. The van der Waals surface area contributed by atoms with Gasteiger partial charge in [-0.1, -0.05) is 43.7 Å². The van der Waals surface area contributed by atoms with E-state index in [1.54, 1.807) is 12.4 Å². The Balaban J connectivity index is 1.84. The minimum Gasteiger partial charge on any atom is -0.327 e. The molecule has 1 aliphatic carbocycles. The van der Waals surface area contributed by atoms with Crippen molar-refractivity contribution >= 4 is 11.6 Å². The number of aromatic nitrogens is 1. The van der Waals surface area contributed by atoms with E-state index in [4.69, 9.17) is 17.3 Å². The van der Waals surface area contributed by atoms with Gasteiger partial charge in [-0.3, -0.25) is 4.98 Å². The lowest BCUT2D eigenvalue weighted by atomic mass is 9.84. The second kappa shape index (κ2) is 6.36. The van der Waals surface area contributed by atoms with Gasteiger partial charge in [0.15, 0.2) is 0 Å². The molecule has 0 radical (unpaired) electrons. The van der Waals surface area contributed by atoms with E-state index in [0.29, 0.717) is 0 Å². The summed E-state index contributed by atoms with van der Waals surface area (Å²) in [4.78, 5) is 4.00. The normalized spacial score (nSPS) is 19.2. The molecule has 0 amide bonds. The van der Waals surface area contributed by atoms with Crippen molar-refractivity contribution in [1.29, 1.82) is 0 Å². The molecule has 2 nitrogen and oxygen atoms in total. The first-order valence-corrected chi connectivity index (χ1v) is 6.97. The average molecular weight is 253 g/mol. The highest BCUT2D eigenvalue weighted by molar-refractivity contribution is 6.31. The van der Waals surface area contributed by atoms with Crippen molar-refractivity contribution in [2.75, 3.05) is 0 Å². The fourth-order valence-electron chi connectivity index (χ4n) is 2.79. The highest BCUT2D eigenvalue weighted by Gasteiger charge is 2.17. The molecule has 0 bridgehead atoms. The first kappa shape index (κ1) is 12.8. The van der Waals surface area contributed by atoms with Crippen LogP contribution in [-0.2, 0) is 6.42 Å². The van der Waals surface area contributed by atoms with Crippen LogP contribution in [0.1, 0.15) is 44.1 Å². The third-order valence-corrected chi connectivity index (χ3v) is 4.04. The van der Waals surface area contributed by atoms with Gasteiger partial charge in [0.2, 0.25) is 0 Å². The van der Waals surface area contributed by atoms with E-state index in [1.165, 1.54) is 32.1 Å². The summed E-state index contributed by atoms with van der Waals surface area (Å²) in [6, 6.07) is 2.21. The molecule has 1 atom stereocenters. The summed E-state index contributed by atoms with van der Waals surface area (Å²) in [5, 5.41) is 0.742. The molecule has 2 N–H and O–H groups in total. The van der Waals surface area contributed by atoms with Crippen LogP contribution >= 0.6 is 11.6 Å². The summed E-state index contributed by atoms with van der Waals surface area (Å²) in [7, 11) is 0. The summed E-state index contributed by atoms with van der Waals surface area (Å²) in [6.45, 7) is 0. The van der Waals surface area contributed by atoms with Gasteiger partial charge in [-0.25, -0.2) is 0 Å². The molecule has 1 aliphatic rings. The maximum Gasteiger partial charge on any atom is 0.0621 e. The predicted molar refractivity (Wildman–Crippen MR) is 72.1 cm³/mol. The summed E-state index contributed by atoms with van der Waals surface area (Å²) < 4.78 is 0. The lowest BCUT2D eigenvalue weighted by Crippen LogP contribution is -2.27. The van der Waals surface area contributed by atoms with E-state index in [9.17, 15) is 0 Å². The second-order valence-electron chi connectivity index (χ2n) is 5.17. The van der Waals surface area contributed by atoms with Crippen LogP contribution in [0.15, 0.2) is 18.5 Å². The number of nitrogens with zero attached hydrogens (tertiary/aromatic N) is 1. The van der Waals surface area contributed by atoms with E-state index in [2.05, 4.69) is 4.98 Å². The average Bonchev–Trinajstić information content (AvgIpc) is 2.33. The Labute approximate surface area is 109 Å². The molecular formula is C14H21ClN2. The number of rotatable bonds is 4. The van der Waals surface area contributed by atoms with E-state index in [0.717, 1.165) is 29.3 Å². The molecule has 0 aromatic carbocycles. The lowest BCUT2D eigenvalue weighted by Gasteiger charge is -2.24. The monoisotopic (exact) mass is 252 g/mol. The molecule has 0 aliphatic heterocycles. The van der Waals surface area contributed by atoms with Gasteiger partial charge in [-0.15, -0.1) is 0 Å². The van der Waals surface area contributed by atoms with Crippen molar-refractivity contribution in [3.63, 3.8) is 0 Å². The summed E-state index contributed by atoms with van der Waals surface area (Å²) in [5.41, 5.74) is 7.36. The maximum absolute atomic E-state index is 6.23. The SMILES string of the molecule is NC(Cc1ccncc1Cl)CC1CCCCC1. The van der Waals surface area contributed by atoms with Gasteiger partial charge in [-0.05, 0) is 30.4 Å². The molecule has 2 rings (SSSR count). The molecule has 1 fully saturated rings. The molecule has 1 aromatic heterocycles. The molecule has 1 saturated carbocycles. The van der Waals surface area contributed by atoms with Crippen molar-refractivity contribution in [3.05, 3.63) is 29.0 Å². The third kappa shape index (κ3) is 3.97. The van der Waals surface area contributed by atoms with Crippen molar-refractivity contribution < 1.29 is 0 Å². The van der Waals surface area contributed by atoms with Crippen LogP contribution < -0.4 is 5.73 Å². The Bertz CT molecular complexity index is 348. The Kier molecular flexibility index (Phi) is 4.81. The highest BCUT2D eigenvalue weighted by atomic mass is 35.5. The van der Waals surface area contributed by atoms with Crippen molar-refractivity contribution in [3.8, 4) is 0 Å². The first-order valence-electron chi connectivity index (χ1n) is 6.59. The third-order valence-electron chi connectivity index (χ3n) is 3.70. The van der Waals surface area contributed by atoms with Crippen LogP contribution in [0.3, 0.4) is 0 Å². The standard InChI is InChI=1S/C14H21ClN2/c15-14-10-17-7-6-12(14)9-13(16)8-11-4-2-1-3-5-11/h6-7,10-11,13H,1-5,8-9,16H2. The molecule has 3 heteroatoms. The smallest absolute Gasteiger partial charge is 0.0621 e. The number of pyridine rings is 1. The zero-order valence-corrected chi connectivity index (χ0v) is 11.0. The van der Waals surface area contributed by atoms with Crippen LogP contribution in [0.5, 0.6) is 0 Å². The predicted octanol–water partition coefficient (Wildman–Crippen LogP) is 3.58. The van der Waals surface area contributed by atoms with Crippen LogP contribution in [-0.4, -0.2) is 11.0 Å². The second-order valence-corrected chi connectivity index (χ2v) is 5.58. The van der Waals surface area contributed by atoms with Gasteiger partial charge in [0.1, 0.15) is 0 Å². The summed E-state index contributed by atoms with van der Waals surface area (Å²) in [5.74, 6) is 0.833. The van der Waals surface area contributed by atoms with Crippen LogP contribution in [0.25, 0.3) is 0 Å². The molecule has 1 unspecified atom stereocenters. The summed E-state index contributed by atoms with van der Waals surface area (Å²) in [6.07, 6.45) is 12.4. The van der Waals surface area contributed by atoms with Gasteiger partial charge in [0.25, 0.3) is 0 Å². The largest absolute Gasteiger partial charge is 0.327 e. The van der Waals surface area contributed by atoms with E-state index < -0.39 is 0 Å². The molecule has 94 valence electrons.